The van der Waals surface area contributed by atoms with Gasteiger partial charge in [0.2, 0.25) is 11.8 Å². The number of fused-ring (bicyclic) bond motifs is 1. The first-order valence-electron chi connectivity index (χ1n) is 9.30. The molecule has 4 rings (SSSR count). The third-order valence-electron chi connectivity index (χ3n) is 4.74. The first-order chi connectivity index (χ1) is 14.9. The van der Waals surface area contributed by atoms with Crippen molar-refractivity contribution in [3.63, 3.8) is 0 Å². The predicted molar refractivity (Wildman–Crippen MR) is 127 cm³/mol. The van der Waals surface area contributed by atoms with Crippen molar-refractivity contribution >= 4 is 67.3 Å². The van der Waals surface area contributed by atoms with E-state index in [9.17, 15) is 14.7 Å². The molecular formula is C22H17BrN4O3S. The summed E-state index contributed by atoms with van der Waals surface area (Å²) >= 11 is 4.33. The maximum Gasteiger partial charge on any atom is 0.247 e. The highest BCUT2D eigenvalue weighted by molar-refractivity contribution is 9.10. The number of hydrogen-bond donors (Lipinski definition) is 2. The highest BCUT2D eigenvalue weighted by Gasteiger charge is 2.40. The molecule has 31 heavy (non-hydrogen) atoms. The van der Waals surface area contributed by atoms with Crippen LogP contribution in [0.25, 0.3) is 10.8 Å². The molecule has 1 fully saturated rings. The molecule has 1 saturated heterocycles. The van der Waals surface area contributed by atoms with Gasteiger partial charge >= 0.3 is 0 Å². The van der Waals surface area contributed by atoms with Crippen LogP contribution in [0.5, 0.6) is 5.75 Å². The van der Waals surface area contributed by atoms with Crippen LogP contribution in [0, 0.1) is 0 Å². The summed E-state index contributed by atoms with van der Waals surface area (Å²) in [5.74, 6) is -0.557. The molecule has 0 aromatic heterocycles. The maximum absolute atomic E-state index is 12.7. The van der Waals surface area contributed by atoms with E-state index >= 15 is 0 Å². The molecule has 0 saturated carbocycles. The summed E-state index contributed by atoms with van der Waals surface area (Å²) in [6.45, 7) is 0. The number of thioether (sulfide) groups is 1. The number of phenolic OH excluding ortho intramolecular Hbond substituents is 1. The van der Waals surface area contributed by atoms with Gasteiger partial charge in [-0.25, -0.2) is 4.90 Å². The number of imide groups is 1. The van der Waals surface area contributed by atoms with Crippen LogP contribution < -0.4 is 10.6 Å². The molecule has 7 nitrogen and oxygen atoms in total. The smallest absolute Gasteiger partial charge is 0.247 e. The van der Waals surface area contributed by atoms with E-state index < -0.39 is 5.25 Å². The lowest BCUT2D eigenvalue weighted by Gasteiger charge is -2.14. The summed E-state index contributed by atoms with van der Waals surface area (Å²) in [6, 6.07) is 17.9. The fraction of sp³-hybridized carbons (Fsp3) is 0.0909. The Balaban J connectivity index is 1.48. The van der Waals surface area contributed by atoms with Crippen molar-refractivity contribution in [2.24, 2.45) is 15.9 Å². The van der Waals surface area contributed by atoms with E-state index in [0.717, 1.165) is 31.9 Å². The Morgan fingerprint density at radius 2 is 1.87 bits per heavy atom. The molecule has 0 radical (unpaired) electrons. The lowest BCUT2D eigenvalue weighted by Crippen LogP contribution is -2.31. The van der Waals surface area contributed by atoms with E-state index in [4.69, 9.17) is 5.73 Å². The van der Waals surface area contributed by atoms with Crippen molar-refractivity contribution in [2.45, 2.75) is 11.7 Å². The lowest BCUT2D eigenvalue weighted by atomic mass is 10.0. The number of carbonyl (C=O) groups is 2. The van der Waals surface area contributed by atoms with Crippen molar-refractivity contribution in [3.8, 4) is 5.75 Å². The average Bonchev–Trinajstić information content (AvgIpc) is 3.03. The number of nitrogens with zero attached hydrogens (tertiary/aromatic N) is 3. The van der Waals surface area contributed by atoms with Crippen molar-refractivity contribution in [1.29, 1.82) is 0 Å². The monoisotopic (exact) mass is 496 g/mol. The van der Waals surface area contributed by atoms with Gasteiger partial charge in [-0.05, 0) is 41.1 Å². The molecule has 1 aliphatic rings. The second-order valence-electron chi connectivity index (χ2n) is 6.76. The van der Waals surface area contributed by atoms with Gasteiger partial charge in [0.15, 0.2) is 5.17 Å². The van der Waals surface area contributed by atoms with E-state index in [2.05, 4.69) is 26.1 Å². The molecule has 156 valence electrons. The summed E-state index contributed by atoms with van der Waals surface area (Å²) in [4.78, 5) is 26.2. The van der Waals surface area contributed by atoms with E-state index in [1.54, 1.807) is 30.3 Å². The fourth-order valence-corrected chi connectivity index (χ4v) is 4.37. The van der Waals surface area contributed by atoms with Crippen LogP contribution in [0.4, 0.5) is 5.69 Å². The van der Waals surface area contributed by atoms with E-state index in [-0.39, 0.29) is 29.2 Å². The quantitative estimate of drug-likeness (QED) is 0.245. The number of nitrogens with two attached hydrogens (primary N) is 1. The zero-order valence-corrected chi connectivity index (χ0v) is 18.5. The topological polar surface area (TPSA) is 108 Å². The van der Waals surface area contributed by atoms with Gasteiger partial charge in [-0.3, -0.25) is 9.59 Å². The zero-order chi connectivity index (χ0) is 22.0. The Morgan fingerprint density at radius 3 is 2.65 bits per heavy atom. The minimum Gasteiger partial charge on any atom is -0.507 e. The first kappa shape index (κ1) is 21.1. The molecule has 1 heterocycles. The number of anilines is 1. The van der Waals surface area contributed by atoms with E-state index in [0.29, 0.717) is 11.3 Å². The Morgan fingerprint density at radius 1 is 1.13 bits per heavy atom. The zero-order valence-electron chi connectivity index (χ0n) is 16.1. The number of rotatable bonds is 4. The molecule has 1 unspecified atom stereocenters. The molecule has 3 aromatic rings. The summed E-state index contributed by atoms with van der Waals surface area (Å²) in [5.41, 5.74) is 6.97. The van der Waals surface area contributed by atoms with Crippen LogP contribution in [0.1, 0.15) is 12.0 Å². The highest BCUT2D eigenvalue weighted by Crippen LogP contribution is 2.30. The molecule has 1 aliphatic heterocycles. The number of benzene rings is 3. The lowest BCUT2D eigenvalue weighted by molar-refractivity contribution is -0.121. The van der Waals surface area contributed by atoms with Gasteiger partial charge in [0.05, 0.1) is 11.9 Å². The molecule has 1 atom stereocenters. The Labute approximate surface area is 190 Å². The van der Waals surface area contributed by atoms with Gasteiger partial charge < -0.3 is 10.8 Å². The average molecular weight is 497 g/mol. The summed E-state index contributed by atoms with van der Waals surface area (Å²) in [6.07, 6.45) is 1.45. The number of hydrogen-bond acceptors (Lipinski definition) is 6. The fourth-order valence-electron chi connectivity index (χ4n) is 3.29. The standard InChI is InChI=1S/C22H17BrN4O3S/c23-14-6-8-15(9-7-14)27-20(29)11-19(21(27)30)31-22(24)26-25-12-17-16-4-2-1-3-13(16)5-10-18(17)28/h1-10,12,19,28H,11H2,(H2,24,26). The predicted octanol–water partition coefficient (Wildman–Crippen LogP) is 4.02. The molecular weight excluding hydrogens is 480 g/mol. The van der Waals surface area contributed by atoms with Gasteiger partial charge in [-0.15, -0.1) is 5.10 Å². The van der Waals surface area contributed by atoms with E-state index in [1.165, 1.54) is 6.21 Å². The Hall–Kier alpha value is -3.17. The largest absolute Gasteiger partial charge is 0.507 e. The number of amides is 2. The summed E-state index contributed by atoms with van der Waals surface area (Å²) < 4.78 is 0.854. The number of aromatic hydroxyl groups is 1. The van der Waals surface area contributed by atoms with Crippen molar-refractivity contribution in [2.75, 3.05) is 4.90 Å². The normalized spacial score (nSPS) is 17.3. The van der Waals surface area contributed by atoms with Gasteiger partial charge in [0.1, 0.15) is 11.0 Å². The van der Waals surface area contributed by atoms with E-state index in [1.807, 2.05) is 30.3 Å². The van der Waals surface area contributed by atoms with Crippen LogP contribution in [-0.2, 0) is 9.59 Å². The Kier molecular flexibility index (Phi) is 6.06. The second-order valence-corrected chi connectivity index (χ2v) is 8.90. The maximum atomic E-state index is 12.7. The Bertz CT molecular complexity index is 1230. The SMILES string of the molecule is NC(=NN=Cc1c(O)ccc2ccccc12)SC1CC(=O)N(c2ccc(Br)cc2)C1=O. The number of amidine groups is 1. The molecule has 2 amide bonds. The molecule has 3 aromatic carbocycles. The number of carbonyl (C=O) groups excluding carboxylic acids is 2. The highest BCUT2D eigenvalue weighted by atomic mass is 79.9. The number of phenols is 1. The van der Waals surface area contributed by atoms with Crippen LogP contribution >= 0.6 is 27.7 Å². The van der Waals surface area contributed by atoms with Gasteiger partial charge in [-0.2, -0.15) is 5.10 Å². The molecule has 0 bridgehead atoms. The second kappa shape index (κ2) is 8.91. The molecule has 0 spiro atoms. The third-order valence-corrected chi connectivity index (χ3v) is 6.25. The number of halogens is 1. The van der Waals surface area contributed by atoms with Crippen molar-refractivity contribution in [1.82, 2.24) is 0 Å². The van der Waals surface area contributed by atoms with Gasteiger partial charge in [0.25, 0.3) is 0 Å². The minimum absolute atomic E-state index is 0.0314. The van der Waals surface area contributed by atoms with Crippen molar-refractivity contribution in [3.05, 3.63) is 70.7 Å². The molecule has 3 N–H and O–H groups in total. The summed E-state index contributed by atoms with van der Waals surface area (Å²) in [7, 11) is 0. The van der Waals surface area contributed by atoms with Crippen LogP contribution in [0.15, 0.2) is 75.3 Å². The van der Waals surface area contributed by atoms with Crippen LogP contribution in [-0.4, -0.2) is 33.6 Å². The molecule has 9 heteroatoms. The van der Waals surface area contributed by atoms with Gasteiger partial charge in [-0.1, -0.05) is 58.0 Å². The van der Waals surface area contributed by atoms with Gasteiger partial charge in [0, 0.05) is 16.5 Å². The molecule has 0 aliphatic carbocycles. The summed E-state index contributed by atoms with van der Waals surface area (Å²) in [5, 5.41) is 19.2. The van der Waals surface area contributed by atoms with Crippen LogP contribution in [0.2, 0.25) is 0 Å². The van der Waals surface area contributed by atoms with Crippen LogP contribution in [0.3, 0.4) is 0 Å². The third kappa shape index (κ3) is 4.47. The first-order valence-corrected chi connectivity index (χ1v) is 11.0. The minimum atomic E-state index is -0.666. The van der Waals surface area contributed by atoms with Crippen molar-refractivity contribution < 1.29 is 14.7 Å².